The molecular formula is C29H33N5O5S. The maximum atomic E-state index is 12.7. The van der Waals surface area contributed by atoms with Crippen molar-refractivity contribution in [1.82, 2.24) is 24.9 Å². The number of ether oxygens (including phenoxy) is 4. The zero-order valence-corrected chi connectivity index (χ0v) is 24.1. The fourth-order valence-corrected chi connectivity index (χ4v) is 5.40. The Morgan fingerprint density at radius 1 is 1.05 bits per heavy atom. The second-order valence-corrected chi connectivity index (χ2v) is 11.0. The summed E-state index contributed by atoms with van der Waals surface area (Å²) >= 11 is 1.32. The number of hydrogen-bond acceptors (Lipinski definition) is 9. The van der Waals surface area contributed by atoms with E-state index in [1.807, 2.05) is 46.9 Å². The zero-order valence-electron chi connectivity index (χ0n) is 23.3. The van der Waals surface area contributed by atoms with Crippen molar-refractivity contribution >= 4 is 23.3 Å². The van der Waals surface area contributed by atoms with Gasteiger partial charge in [-0.15, -0.1) is 10.2 Å². The number of nitrogens with zero attached hydrogens (tertiary/aromatic N) is 4. The summed E-state index contributed by atoms with van der Waals surface area (Å²) in [7, 11) is 4.85. The lowest BCUT2D eigenvalue weighted by Gasteiger charge is -2.31. The minimum absolute atomic E-state index is 0.0933. The normalized spacial score (nSPS) is 14.0. The minimum atomic E-state index is -0.317. The number of fused-ring (bicyclic) bond motifs is 3. The van der Waals surface area contributed by atoms with Crippen LogP contribution in [0.4, 0.5) is 0 Å². The summed E-state index contributed by atoms with van der Waals surface area (Å²) in [6, 6.07) is 13.5. The minimum Gasteiger partial charge on any atom is -0.497 e. The van der Waals surface area contributed by atoms with Gasteiger partial charge in [0.05, 0.1) is 45.0 Å². The van der Waals surface area contributed by atoms with Crippen LogP contribution in [0, 0.1) is 0 Å². The molecule has 1 aliphatic rings. The molecular weight excluding hydrogens is 530 g/mol. The van der Waals surface area contributed by atoms with E-state index in [-0.39, 0.29) is 17.3 Å². The number of carbonyl (C=O) groups excluding carboxylic acids is 1. The summed E-state index contributed by atoms with van der Waals surface area (Å²) in [6.45, 7) is 5.02. The number of amides is 1. The molecule has 1 aliphatic heterocycles. The Hall–Kier alpha value is -3.83. The highest BCUT2D eigenvalue weighted by molar-refractivity contribution is 7.99. The Labute approximate surface area is 237 Å². The van der Waals surface area contributed by atoms with Gasteiger partial charge in [-0.2, -0.15) is 0 Å². The Morgan fingerprint density at radius 3 is 2.55 bits per heavy atom. The summed E-state index contributed by atoms with van der Waals surface area (Å²) < 4.78 is 24.0. The van der Waals surface area contributed by atoms with Gasteiger partial charge in [0.1, 0.15) is 11.6 Å². The van der Waals surface area contributed by atoms with E-state index in [4.69, 9.17) is 23.9 Å². The number of thioether (sulfide) groups is 1. The number of hydrogen-bond donors (Lipinski definition) is 1. The van der Waals surface area contributed by atoms with Gasteiger partial charge >= 0.3 is 0 Å². The summed E-state index contributed by atoms with van der Waals surface area (Å²) in [5.41, 5.74) is 4.20. The molecule has 0 unspecified atom stereocenters. The van der Waals surface area contributed by atoms with Gasteiger partial charge in [-0.3, -0.25) is 9.20 Å². The first-order valence-electron chi connectivity index (χ1n) is 13.0. The lowest BCUT2D eigenvalue weighted by atomic mass is 9.96. The third-order valence-electron chi connectivity index (χ3n) is 6.77. The van der Waals surface area contributed by atoms with Crippen molar-refractivity contribution < 1.29 is 23.7 Å². The number of rotatable bonds is 10. The van der Waals surface area contributed by atoms with Gasteiger partial charge in [0, 0.05) is 24.1 Å². The van der Waals surface area contributed by atoms with Crippen LogP contribution < -0.4 is 19.5 Å². The number of aromatic nitrogens is 4. The van der Waals surface area contributed by atoms with Crippen LogP contribution in [0.25, 0.3) is 17.0 Å². The van der Waals surface area contributed by atoms with Gasteiger partial charge in [0.15, 0.2) is 22.3 Å². The van der Waals surface area contributed by atoms with E-state index < -0.39 is 0 Å². The molecule has 2 aromatic carbocycles. The molecule has 0 spiro atoms. The number of nitrogens with one attached hydrogen (secondary N) is 1. The van der Waals surface area contributed by atoms with Gasteiger partial charge in [0.25, 0.3) is 0 Å². The summed E-state index contributed by atoms with van der Waals surface area (Å²) in [4.78, 5) is 17.8. The van der Waals surface area contributed by atoms with Crippen LogP contribution in [0.1, 0.15) is 30.7 Å². The van der Waals surface area contributed by atoms with E-state index in [2.05, 4.69) is 29.4 Å². The molecule has 210 valence electrons. The van der Waals surface area contributed by atoms with Crippen LogP contribution >= 0.6 is 11.8 Å². The molecule has 0 fully saturated rings. The second kappa shape index (κ2) is 11.7. The first-order valence-corrected chi connectivity index (χ1v) is 14.0. The highest BCUT2D eigenvalue weighted by Crippen LogP contribution is 2.34. The maximum absolute atomic E-state index is 12.7. The van der Waals surface area contributed by atoms with Crippen LogP contribution in [-0.2, 0) is 29.0 Å². The van der Waals surface area contributed by atoms with E-state index in [1.54, 1.807) is 21.3 Å². The standard InChI is InChI=1S/C29H33N5O5S/c1-29(2)15-22-21(16-39-29)27-32-33-28(34(27)26(31-22)19-7-9-20(36-3)10-8-19)40-17-25(35)30-13-12-18-6-11-23(37-4)24(14-18)38-5/h6-11,14H,12-13,15-17H2,1-5H3,(H,30,35). The van der Waals surface area contributed by atoms with Crippen molar-refractivity contribution in [3.8, 4) is 28.6 Å². The van der Waals surface area contributed by atoms with E-state index in [9.17, 15) is 4.79 Å². The molecule has 0 bridgehead atoms. The van der Waals surface area contributed by atoms with Crippen LogP contribution in [-0.4, -0.2) is 64.7 Å². The molecule has 40 heavy (non-hydrogen) atoms. The molecule has 5 rings (SSSR count). The Morgan fingerprint density at radius 2 is 1.82 bits per heavy atom. The number of carbonyl (C=O) groups is 1. The third kappa shape index (κ3) is 5.85. The smallest absolute Gasteiger partial charge is 0.230 e. The highest BCUT2D eigenvalue weighted by atomic mass is 32.2. The van der Waals surface area contributed by atoms with E-state index in [1.165, 1.54) is 11.8 Å². The van der Waals surface area contributed by atoms with Gasteiger partial charge < -0.3 is 24.3 Å². The molecule has 0 atom stereocenters. The van der Waals surface area contributed by atoms with E-state index >= 15 is 0 Å². The van der Waals surface area contributed by atoms with Crippen molar-refractivity contribution in [2.24, 2.45) is 0 Å². The summed E-state index contributed by atoms with van der Waals surface area (Å²) in [6.07, 6.45) is 1.33. The van der Waals surface area contributed by atoms with Gasteiger partial charge in [-0.05, 0) is 62.2 Å². The average molecular weight is 564 g/mol. The quantitative estimate of drug-likeness (QED) is 0.285. The molecule has 0 saturated carbocycles. The molecule has 0 aliphatic carbocycles. The molecule has 3 heterocycles. The van der Waals surface area contributed by atoms with E-state index in [0.717, 1.165) is 34.0 Å². The Balaban J connectivity index is 1.33. The van der Waals surface area contributed by atoms with Crippen molar-refractivity contribution in [2.75, 3.05) is 33.6 Å². The Kier molecular flexibility index (Phi) is 8.13. The van der Waals surface area contributed by atoms with Crippen molar-refractivity contribution in [1.29, 1.82) is 0 Å². The number of methoxy groups -OCH3 is 3. The van der Waals surface area contributed by atoms with Crippen molar-refractivity contribution in [3.63, 3.8) is 0 Å². The highest BCUT2D eigenvalue weighted by Gasteiger charge is 2.31. The molecule has 11 heteroatoms. The SMILES string of the molecule is COc1ccc(-c2nc3c(c4nnc(SCC(=O)NCCc5ccc(OC)c(OC)c5)n24)COC(C)(C)C3)cc1. The predicted molar refractivity (Wildman–Crippen MR) is 152 cm³/mol. The molecule has 2 aromatic heterocycles. The van der Waals surface area contributed by atoms with Crippen molar-refractivity contribution in [3.05, 3.63) is 59.3 Å². The molecule has 0 saturated heterocycles. The third-order valence-corrected chi connectivity index (χ3v) is 7.70. The fraction of sp³-hybridized carbons (Fsp3) is 0.379. The van der Waals surface area contributed by atoms with Crippen LogP contribution in [0.2, 0.25) is 0 Å². The maximum Gasteiger partial charge on any atom is 0.230 e. The molecule has 1 amide bonds. The zero-order chi connectivity index (χ0) is 28.3. The van der Waals surface area contributed by atoms with E-state index in [0.29, 0.717) is 48.3 Å². The van der Waals surface area contributed by atoms with Gasteiger partial charge in [-0.1, -0.05) is 17.8 Å². The summed E-state index contributed by atoms with van der Waals surface area (Å²) in [5.74, 6) is 2.91. The lowest BCUT2D eigenvalue weighted by Crippen LogP contribution is -2.33. The molecule has 0 radical (unpaired) electrons. The van der Waals surface area contributed by atoms with Crippen molar-refractivity contribution in [2.45, 2.75) is 44.1 Å². The topological polar surface area (TPSA) is 109 Å². The van der Waals surface area contributed by atoms with Gasteiger partial charge in [0.2, 0.25) is 5.91 Å². The first-order chi connectivity index (χ1) is 19.3. The summed E-state index contributed by atoms with van der Waals surface area (Å²) in [5, 5.41) is 12.5. The fourth-order valence-electron chi connectivity index (χ4n) is 4.64. The first kappa shape index (κ1) is 27.7. The second-order valence-electron chi connectivity index (χ2n) is 10.0. The monoisotopic (exact) mass is 563 g/mol. The van der Waals surface area contributed by atoms with Crippen LogP contribution in [0.5, 0.6) is 17.2 Å². The lowest BCUT2D eigenvalue weighted by molar-refractivity contribution is -0.118. The largest absolute Gasteiger partial charge is 0.497 e. The van der Waals surface area contributed by atoms with Gasteiger partial charge in [-0.25, -0.2) is 4.98 Å². The van der Waals surface area contributed by atoms with Crippen LogP contribution in [0.15, 0.2) is 47.6 Å². The molecule has 10 nitrogen and oxygen atoms in total. The molecule has 4 aromatic rings. The molecule has 1 N–H and O–H groups in total. The number of benzene rings is 2. The Bertz CT molecular complexity index is 1520. The van der Waals surface area contributed by atoms with Crippen LogP contribution in [0.3, 0.4) is 0 Å². The average Bonchev–Trinajstić information content (AvgIpc) is 3.39. The predicted octanol–water partition coefficient (Wildman–Crippen LogP) is 4.12.